The van der Waals surface area contributed by atoms with Crippen molar-refractivity contribution in [2.24, 2.45) is 0 Å². The van der Waals surface area contributed by atoms with Crippen molar-refractivity contribution in [3.8, 4) is 5.75 Å². The number of benzene rings is 2. The van der Waals surface area contributed by atoms with Gasteiger partial charge in [-0.2, -0.15) is 0 Å². The standard InChI is InChI=1S/C20H20O3/c21-20(22)15-14-18-12-10-17(11-13-18)7-3-2-6-16-23-19-8-4-1-5-9-19/h1,3-5,7-15H,2,6,16H2,(H,21,22)/b7-3?,15-14+. The summed E-state index contributed by atoms with van der Waals surface area (Å²) < 4.78 is 5.63. The molecule has 0 aromatic heterocycles. The summed E-state index contributed by atoms with van der Waals surface area (Å²) >= 11 is 0. The minimum Gasteiger partial charge on any atom is -0.494 e. The van der Waals surface area contributed by atoms with Crippen LogP contribution in [0.15, 0.2) is 66.7 Å². The summed E-state index contributed by atoms with van der Waals surface area (Å²) in [5.74, 6) is -0.0341. The first-order valence-corrected chi connectivity index (χ1v) is 7.59. The molecule has 2 aromatic rings. The van der Waals surface area contributed by atoms with Gasteiger partial charge in [0.1, 0.15) is 5.75 Å². The second-order valence-corrected chi connectivity index (χ2v) is 5.04. The maximum atomic E-state index is 10.4. The Balaban J connectivity index is 1.70. The number of allylic oxidation sites excluding steroid dienone is 1. The van der Waals surface area contributed by atoms with Gasteiger partial charge in [0.15, 0.2) is 0 Å². The van der Waals surface area contributed by atoms with Crippen LogP contribution in [0.4, 0.5) is 0 Å². The molecule has 0 fully saturated rings. The van der Waals surface area contributed by atoms with Crippen LogP contribution in [-0.4, -0.2) is 17.7 Å². The Bertz CT molecular complexity index is 655. The first kappa shape index (κ1) is 16.6. The SMILES string of the molecule is O=C(O)/C=C/c1ccc(C=CCCCOc2ccccc2)cc1. The Morgan fingerprint density at radius 2 is 1.61 bits per heavy atom. The first-order valence-electron chi connectivity index (χ1n) is 7.59. The second kappa shape index (κ2) is 9.26. The molecule has 0 aliphatic heterocycles. The van der Waals surface area contributed by atoms with Crippen LogP contribution >= 0.6 is 0 Å². The van der Waals surface area contributed by atoms with E-state index in [0.29, 0.717) is 6.61 Å². The van der Waals surface area contributed by atoms with Gasteiger partial charge < -0.3 is 9.84 Å². The molecule has 0 aliphatic rings. The van der Waals surface area contributed by atoms with Gasteiger partial charge in [0.05, 0.1) is 6.61 Å². The Morgan fingerprint density at radius 3 is 2.26 bits per heavy atom. The fraction of sp³-hybridized carbons (Fsp3) is 0.150. The van der Waals surface area contributed by atoms with Crippen LogP contribution in [-0.2, 0) is 4.79 Å². The molecule has 0 saturated carbocycles. The summed E-state index contributed by atoms with van der Waals surface area (Å²) in [6.07, 6.45) is 8.82. The van der Waals surface area contributed by atoms with Crippen LogP contribution in [0.5, 0.6) is 5.75 Å². The van der Waals surface area contributed by atoms with Crippen molar-refractivity contribution >= 4 is 18.1 Å². The molecule has 2 aromatic carbocycles. The van der Waals surface area contributed by atoms with Crippen LogP contribution in [0, 0.1) is 0 Å². The molecular weight excluding hydrogens is 288 g/mol. The van der Waals surface area contributed by atoms with Crippen molar-refractivity contribution in [3.05, 3.63) is 77.9 Å². The molecule has 2 rings (SSSR count). The van der Waals surface area contributed by atoms with Crippen LogP contribution in [0.2, 0.25) is 0 Å². The number of unbranched alkanes of at least 4 members (excludes halogenated alkanes) is 1. The third-order valence-electron chi connectivity index (χ3n) is 3.19. The summed E-state index contributed by atoms with van der Waals surface area (Å²) in [4.78, 5) is 10.4. The number of carbonyl (C=O) groups is 1. The van der Waals surface area contributed by atoms with E-state index in [-0.39, 0.29) is 0 Å². The lowest BCUT2D eigenvalue weighted by Crippen LogP contribution is -1.95. The summed E-state index contributed by atoms with van der Waals surface area (Å²) in [5.41, 5.74) is 1.97. The number of aliphatic carboxylic acids is 1. The number of para-hydroxylation sites is 1. The van der Waals surface area contributed by atoms with Crippen molar-refractivity contribution in [2.75, 3.05) is 6.61 Å². The van der Waals surface area contributed by atoms with Gasteiger partial charge in [-0.05, 0) is 42.2 Å². The van der Waals surface area contributed by atoms with Crippen molar-refractivity contribution in [1.29, 1.82) is 0 Å². The lowest BCUT2D eigenvalue weighted by molar-refractivity contribution is -0.131. The largest absolute Gasteiger partial charge is 0.494 e. The Hall–Kier alpha value is -2.81. The molecule has 0 aliphatic carbocycles. The summed E-state index contributed by atoms with van der Waals surface area (Å²) in [6.45, 7) is 0.702. The topological polar surface area (TPSA) is 46.5 Å². The van der Waals surface area contributed by atoms with Crippen LogP contribution in [0.25, 0.3) is 12.2 Å². The van der Waals surface area contributed by atoms with Gasteiger partial charge in [0, 0.05) is 6.08 Å². The molecule has 0 amide bonds. The first-order chi connectivity index (χ1) is 11.2. The smallest absolute Gasteiger partial charge is 0.328 e. The Kier molecular flexibility index (Phi) is 6.66. The molecule has 0 saturated heterocycles. The number of hydrogen-bond acceptors (Lipinski definition) is 2. The third kappa shape index (κ3) is 6.66. The average Bonchev–Trinajstić information content (AvgIpc) is 2.58. The molecule has 0 heterocycles. The average molecular weight is 308 g/mol. The van der Waals surface area contributed by atoms with Gasteiger partial charge in [0.25, 0.3) is 0 Å². The molecule has 0 bridgehead atoms. The van der Waals surface area contributed by atoms with E-state index in [2.05, 4.69) is 12.2 Å². The van der Waals surface area contributed by atoms with E-state index in [0.717, 1.165) is 35.8 Å². The van der Waals surface area contributed by atoms with Gasteiger partial charge in [-0.25, -0.2) is 4.79 Å². The van der Waals surface area contributed by atoms with Crippen molar-refractivity contribution in [2.45, 2.75) is 12.8 Å². The molecule has 23 heavy (non-hydrogen) atoms. The molecule has 0 atom stereocenters. The highest BCUT2D eigenvalue weighted by molar-refractivity contribution is 5.85. The van der Waals surface area contributed by atoms with Crippen molar-refractivity contribution in [3.63, 3.8) is 0 Å². The molecule has 3 heteroatoms. The van der Waals surface area contributed by atoms with E-state index in [1.807, 2.05) is 54.6 Å². The van der Waals surface area contributed by atoms with E-state index in [1.165, 1.54) is 0 Å². The van der Waals surface area contributed by atoms with E-state index in [9.17, 15) is 4.79 Å². The predicted molar refractivity (Wildman–Crippen MR) is 93.3 cm³/mol. The van der Waals surface area contributed by atoms with Crippen LogP contribution in [0.1, 0.15) is 24.0 Å². The van der Waals surface area contributed by atoms with Gasteiger partial charge in [0.2, 0.25) is 0 Å². The fourth-order valence-electron chi connectivity index (χ4n) is 2.01. The van der Waals surface area contributed by atoms with Crippen molar-refractivity contribution < 1.29 is 14.6 Å². The monoisotopic (exact) mass is 308 g/mol. The molecule has 118 valence electrons. The van der Waals surface area contributed by atoms with Gasteiger partial charge in [-0.15, -0.1) is 0 Å². The van der Waals surface area contributed by atoms with Crippen molar-refractivity contribution in [1.82, 2.24) is 0 Å². The lowest BCUT2D eigenvalue weighted by atomic mass is 10.1. The maximum absolute atomic E-state index is 10.4. The zero-order valence-corrected chi connectivity index (χ0v) is 12.9. The van der Waals surface area contributed by atoms with E-state index in [1.54, 1.807) is 6.08 Å². The predicted octanol–water partition coefficient (Wildman–Crippen LogP) is 4.66. The van der Waals surface area contributed by atoms with Gasteiger partial charge >= 0.3 is 5.97 Å². The second-order valence-electron chi connectivity index (χ2n) is 5.04. The minimum absolute atomic E-state index is 0.702. The number of carboxylic acid groups (broad SMARTS) is 1. The molecule has 0 unspecified atom stereocenters. The molecule has 3 nitrogen and oxygen atoms in total. The zero-order chi connectivity index (χ0) is 16.3. The number of rotatable bonds is 8. The highest BCUT2D eigenvalue weighted by atomic mass is 16.5. The van der Waals surface area contributed by atoms with E-state index >= 15 is 0 Å². The molecule has 0 radical (unpaired) electrons. The fourth-order valence-corrected chi connectivity index (χ4v) is 2.01. The minimum atomic E-state index is -0.938. The van der Waals surface area contributed by atoms with Gasteiger partial charge in [-0.3, -0.25) is 0 Å². The number of carboxylic acids is 1. The Morgan fingerprint density at radius 1 is 0.957 bits per heavy atom. The van der Waals surface area contributed by atoms with Crippen LogP contribution in [0.3, 0.4) is 0 Å². The lowest BCUT2D eigenvalue weighted by Gasteiger charge is -2.03. The third-order valence-corrected chi connectivity index (χ3v) is 3.19. The molecule has 0 spiro atoms. The molecular formula is C20H20O3. The quantitative estimate of drug-likeness (QED) is 0.570. The number of ether oxygens (including phenoxy) is 1. The number of hydrogen-bond donors (Lipinski definition) is 1. The highest BCUT2D eigenvalue weighted by Gasteiger charge is 1.92. The Labute approximate surface area is 136 Å². The summed E-state index contributed by atoms with van der Waals surface area (Å²) in [5, 5.41) is 8.58. The molecule has 1 N–H and O–H groups in total. The maximum Gasteiger partial charge on any atom is 0.328 e. The van der Waals surface area contributed by atoms with Gasteiger partial charge in [-0.1, -0.05) is 54.6 Å². The van der Waals surface area contributed by atoms with E-state index in [4.69, 9.17) is 9.84 Å². The highest BCUT2D eigenvalue weighted by Crippen LogP contribution is 2.10. The summed E-state index contributed by atoms with van der Waals surface area (Å²) in [7, 11) is 0. The van der Waals surface area contributed by atoms with Crippen LogP contribution < -0.4 is 4.74 Å². The zero-order valence-electron chi connectivity index (χ0n) is 12.9. The normalized spacial score (nSPS) is 11.1. The summed E-state index contributed by atoms with van der Waals surface area (Å²) in [6, 6.07) is 17.5. The van der Waals surface area contributed by atoms with E-state index < -0.39 is 5.97 Å².